The van der Waals surface area contributed by atoms with Gasteiger partial charge < -0.3 is 15.4 Å². The second-order valence-electron chi connectivity index (χ2n) is 4.97. The molecule has 5 heteroatoms. The van der Waals surface area contributed by atoms with Gasteiger partial charge in [-0.15, -0.1) is 0 Å². The fraction of sp³-hybridized carbons (Fsp3) is 0.250. The second-order valence-corrected chi connectivity index (χ2v) is 5.79. The molecule has 0 fully saturated rings. The molecule has 0 aromatic heterocycles. The third kappa shape index (κ3) is 2.35. The molecule has 0 spiro atoms. The van der Waals surface area contributed by atoms with Crippen LogP contribution in [0.5, 0.6) is 5.75 Å². The molecule has 0 saturated carbocycles. The van der Waals surface area contributed by atoms with Crippen LogP contribution in [-0.4, -0.2) is 13.7 Å². The van der Waals surface area contributed by atoms with Crippen molar-refractivity contribution in [3.05, 3.63) is 57.6 Å². The van der Waals surface area contributed by atoms with Gasteiger partial charge in [0.2, 0.25) is 0 Å². The number of anilines is 1. The summed E-state index contributed by atoms with van der Waals surface area (Å²) >= 11 is 12.7. The number of halogens is 2. The molecule has 2 aromatic carbocycles. The summed E-state index contributed by atoms with van der Waals surface area (Å²) in [7, 11) is 1.67. The first-order chi connectivity index (χ1) is 10.2. The SMILES string of the molecule is COc1ccccc1N1Cc2c(Cl)ccc(Cl)c2C1CN. The van der Waals surface area contributed by atoms with E-state index in [0.717, 1.165) is 27.6 Å². The average Bonchev–Trinajstić information content (AvgIpc) is 2.91. The van der Waals surface area contributed by atoms with E-state index in [1.54, 1.807) is 7.11 Å². The van der Waals surface area contributed by atoms with Crippen molar-refractivity contribution in [3.63, 3.8) is 0 Å². The quantitative estimate of drug-likeness (QED) is 0.927. The van der Waals surface area contributed by atoms with E-state index in [4.69, 9.17) is 33.7 Å². The number of nitrogens with two attached hydrogens (primary N) is 1. The third-order valence-electron chi connectivity index (χ3n) is 3.90. The first-order valence-corrected chi connectivity index (χ1v) is 7.49. The van der Waals surface area contributed by atoms with E-state index in [9.17, 15) is 0 Å². The van der Waals surface area contributed by atoms with Crippen LogP contribution in [0.1, 0.15) is 17.2 Å². The van der Waals surface area contributed by atoms with Gasteiger partial charge in [-0.3, -0.25) is 0 Å². The molecule has 110 valence electrons. The summed E-state index contributed by atoms with van der Waals surface area (Å²) in [5.74, 6) is 0.816. The molecule has 3 rings (SSSR count). The molecule has 1 atom stereocenters. The number of hydrogen-bond acceptors (Lipinski definition) is 3. The highest BCUT2D eigenvalue weighted by Crippen LogP contribution is 2.45. The topological polar surface area (TPSA) is 38.5 Å². The molecule has 0 amide bonds. The van der Waals surface area contributed by atoms with Crippen molar-refractivity contribution in [1.29, 1.82) is 0 Å². The summed E-state index contributed by atoms with van der Waals surface area (Å²) in [5, 5.41) is 1.44. The highest BCUT2D eigenvalue weighted by molar-refractivity contribution is 6.34. The fourth-order valence-corrected chi connectivity index (χ4v) is 3.46. The molecule has 1 aliphatic rings. The third-order valence-corrected chi connectivity index (χ3v) is 4.59. The van der Waals surface area contributed by atoms with Crippen molar-refractivity contribution in [2.45, 2.75) is 12.6 Å². The summed E-state index contributed by atoms with van der Waals surface area (Å²) in [6.45, 7) is 1.14. The molecule has 1 heterocycles. The fourth-order valence-electron chi connectivity index (χ4n) is 2.93. The maximum Gasteiger partial charge on any atom is 0.142 e. The Morgan fingerprint density at radius 3 is 2.62 bits per heavy atom. The van der Waals surface area contributed by atoms with Crippen LogP contribution in [0.25, 0.3) is 0 Å². The van der Waals surface area contributed by atoms with E-state index in [1.165, 1.54) is 0 Å². The average molecular weight is 323 g/mol. The van der Waals surface area contributed by atoms with Crippen molar-refractivity contribution in [2.75, 3.05) is 18.6 Å². The normalized spacial score (nSPS) is 17.0. The van der Waals surface area contributed by atoms with Crippen LogP contribution in [0, 0.1) is 0 Å². The van der Waals surface area contributed by atoms with E-state index in [-0.39, 0.29) is 6.04 Å². The predicted octanol–water partition coefficient (Wildman–Crippen LogP) is 4.02. The minimum atomic E-state index is 0.00231. The molecular weight excluding hydrogens is 307 g/mol. The monoisotopic (exact) mass is 322 g/mol. The second kappa shape index (κ2) is 5.76. The van der Waals surface area contributed by atoms with Crippen LogP contribution < -0.4 is 15.4 Å². The number of ether oxygens (including phenoxy) is 1. The van der Waals surface area contributed by atoms with Crippen LogP contribution in [0.15, 0.2) is 36.4 Å². The van der Waals surface area contributed by atoms with Gasteiger partial charge in [-0.05, 0) is 29.8 Å². The Labute approximate surface area is 134 Å². The van der Waals surface area contributed by atoms with Crippen LogP contribution >= 0.6 is 23.2 Å². The Balaban J connectivity index is 2.11. The number of benzene rings is 2. The molecule has 0 bridgehead atoms. The first-order valence-electron chi connectivity index (χ1n) is 6.74. The van der Waals surface area contributed by atoms with Gasteiger partial charge in [0.05, 0.1) is 18.8 Å². The van der Waals surface area contributed by atoms with Crippen molar-refractivity contribution >= 4 is 28.9 Å². The number of nitrogens with zero attached hydrogens (tertiary/aromatic N) is 1. The van der Waals surface area contributed by atoms with E-state index in [2.05, 4.69) is 4.90 Å². The Morgan fingerprint density at radius 2 is 1.90 bits per heavy atom. The first kappa shape index (κ1) is 14.5. The van der Waals surface area contributed by atoms with E-state index < -0.39 is 0 Å². The lowest BCUT2D eigenvalue weighted by molar-refractivity contribution is 0.413. The van der Waals surface area contributed by atoms with Crippen LogP contribution in [-0.2, 0) is 6.54 Å². The molecule has 0 saturated heterocycles. The molecule has 1 aliphatic heterocycles. The molecule has 1 unspecified atom stereocenters. The van der Waals surface area contributed by atoms with Crippen LogP contribution in [0.3, 0.4) is 0 Å². The largest absolute Gasteiger partial charge is 0.495 e. The zero-order valence-corrected chi connectivity index (χ0v) is 13.2. The van der Waals surface area contributed by atoms with E-state index in [0.29, 0.717) is 18.1 Å². The van der Waals surface area contributed by atoms with Gasteiger partial charge >= 0.3 is 0 Å². The summed E-state index contributed by atoms with van der Waals surface area (Å²) in [4.78, 5) is 2.20. The van der Waals surface area contributed by atoms with Gasteiger partial charge in [0.25, 0.3) is 0 Å². The van der Waals surface area contributed by atoms with Gasteiger partial charge in [0.1, 0.15) is 5.75 Å². The number of hydrogen-bond donors (Lipinski definition) is 1. The Morgan fingerprint density at radius 1 is 1.19 bits per heavy atom. The van der Waals surface area contributed by atoms with Crippen molar-refractivity contribution in [1.82, 2.24) is 0 Å². The molecule has 2 N–H and O–H groups in total. The van der Waals surface area contributed by atoms with Crippen molar-refractivity contribution in [2.24, 2.45) is 5.73 Å². The Hall–Kier alpha value is -1.42. The smallest absolute Gasteiger partial charge is 0.142 e. The lowest BCUT2D eigenvalue weighted by Gasteiger charge is -2.28. The summed E-state index contributed by atoms with van der Waals surface area (Å²) < 4.78 is 5.46. The lowest BCUT2D eigenvalue weighted by Crippen LogP contribution is -2.28. The molecule has 2 aromatic rings. The van der Waals surface area contributed by atoms with Gasteiger partial charge in [0, 0.05) is 28.7 Å². The maximum atomic E-state index is 6.37. The summed E-state index contributed by atoms with van der Waals surface area (Å²) in [6.07, 6.45) is 0. The Kier molecular flexibility index (Phi) is 3.98. The van der Waals surface area contributed by atoms with Gasteiger partial charge in [-0.25, -0.2) is 0 Å². The number of para-hydroxylation sites is 2. The number of fused-ring (bicyclic) bond motifs is 1. The molecular formula is C16H16Cl2N2O. The zero-order chi connectivity index (χ0) is 15.0. The van der Waals surface area contributed by atoms with Gasteiger partial charge in [-0.1, -0.05) is 35.3 Å². The molecule has 0 radical (unpaired) electrons. The highest BCUT2D eigenvalue weighted by Gasteiger charge is 2.34. The molecule has 0 aliphatic carbocycles. The number of methoxy groups -OCH3 is 1. The van der Waals surface area contributed by atoms with Crippen LogP contribution in [0.2, 0.25) is 10.0 Å². The Bertz CT molecular complexity index is 675. The minimum absolute atomic E-state index is 0.00231. The standard InChI is InChI=1S/C16H16Cl2N2O/c1-21-15-5-3-2-4-13(15)20-9-10-11(17)6-7-12(18)16(10)14(20)8-19/h2-7,14H,8-9,19H2,1H3. The number of rotatable bonds is 3. The van der Waals surface area contributed by atoms with Crippen molar-refractivity contribution < 1.29 is 4.74 Å². The summed E-state index contributed by atoms with van der Waals surface area (Å²) in [5.41, 5.74) is 9.07. The summed E-state index contributed by atoms with van der Waals surface area (Å²) in [6, 6.07) is 11.6. The molecule has 21 heavy (non-hydrogen) atoms. The lowest BCUT2D eigenvalue weighted by atomic mass is 10.0. The van der Waals surface area contributed by atoms with Gasteiger partial charge in [0.15, 0.2) is 0 Å². The maximum absolute atomic E-state index is 6.37. The van der Waals surface area contributed by atoms with Crippen molar-refractivity contribution in [3.8, 4) is 5.75 Å². The predicted molar refractivity (Wildman–Crippen MR) is 87.4 cm³/mol. The highest BCUT2D eigenvalue weighted by atomic mass is 35.5. The zero-order valence-electron chi connectivity index (χ0n) is 11.6. The minimum Gasteiger partial charge on any atom is -0.495 e. The van der Waals surface area contributed by atoms with Crippen LogP contribution in [0.4, 0.5) is 5.69 Å². The molecule has 3 nitrogen and oxygen atoms in total. The van der Waals surface area contributed by atoms with E-state index in [1.807, 2.05) is 36.4 Å². The van der Waals surface area contributed by atoms with E-state index >= 15 is 0 Å². The van der Waals surface area contributed by atoms with Gasteiger partial charge in [-0.2, -0.15) is 0 Å².